The molecule has 3 aromatic rings. The summed E-state index contributed by atoms with van der Waals surface area (Å²) in [5.74, 6) is -0.0108. The third-order valence-corrected chi connectivity index (χ3v) is 7.41. The molecule has 0 aromatic heterocycles. The van der Waals surface area contributed by atoms with Crippen molar-refractivity contribution >= 4 is 38.9 Å². The Labute approximate surface area is 219 Å². The molecule has 3 rings (SSSR count). The number of anilines is 1. The largest absolute Gasteiger partial charge is 0.332 e. The summed E-state index contributed by atoms with van der Waals surface area (Å²) >= 11 is 5.29. The normalized spacial score (nSPS) is 12.2. The van der Waals surface area contributed by atoms with Crippen molar-refractivity contribution in [2.45, 2.75) is 44.4 Å². The van der Waals surface area contributed by atoms with E-state index >= 15 is 0 Å². The maximum atomic E-state index is 12.7. The molecule has 0 heterocycles. The van der Waals surface area contributed by atoms with Crippen LogP contribution in [0.1, 0.15) is 43.4 Å². The first kappa shape index (κ1) is 27.5. The first-order chi connectivity index (χ1) is 17.1. The zero-order valence-electron chi connectivity index (χ0n) is 20.8. The highest BCUT2D eigenvalue weighted by Crippen LogP contribution is 2.18. The van der Waals surface area contributed by atoms with Gasteiger partial charge in [0, 0.05) is 12.2 Å². The topological polar surface area (TPSA) is 87.3 Å². The Kier molecular flexibility index (Phi) is 9.75. The van der Waals surface area contributed by atoms with E-state index in [1.165, 1.54) is 17.7 Å². The fourth-order valence-corrected chi connectivity index (χ4v) is 4.97. The highest BCUT2D eigenvalue weighted by molar-refractivity contribution is 7.89. The molecule has 1 amide bonds. The maximum Gasteiger partial charge on any atom is 0.240 e. The van der Waals surface area contributed by atoms with Crippen molar-refractivity contribution in [3.8, 4) is 0 Å². The van der Waals surface area contributed by atoms with Crippen molar-refractivity contribution in [1.29, 1.82) is 0 Å². The van der Waals surface area contributed by atoms with Gasteiger partial charge in [0.1, 0.15) is 0 Å². The number of nitrogens with one attached hydrogen (secondary N) is 3. The molecule has 1 atom stereocenters. The molecule has 0 spiro atoms. The number of amides is 1. The van der Waals surface area contributed by atoms with E-state index in [1.807, 2.05) is 49.4 Å². The Morgan fingerprint density at radius 2 is 1.50 bits per heavy atom. The molecule has 6 nitrogen and oxygen atoms in total. The van der Waals surface area contributed by atoms with E-state index in [9.17, 15) is 13.2 Å². The standard InChI is InChI=1S/C28H33N3O3S2/c1-20(2)19-23-9-11-24(12-10-23)21(3)27(32)31-28(35)30-25-13-15-26(16-14-25)36(33,34)29-18-17-22-7-5-4-6-8-22/h4-16,20-21,29H,17-19H2,1-3H3,(H2,30,31,32,35). The van der Waals surface area contributed by atoms with Crippen molar-refractivity contribution in [1.82, 2.24) is 10.0 Å². The summed E-state index contributed by atoms with van der Waals surface area (Å²) in [6.07, 6.45) is 1.60. The number of hydrogen-bond acceptors (Lipinski definition) is 4. The zero-order chi connectivity index (χ0) is 26.1. The van der Waals surface area contributed by atoms with Gasteiger partial charge in [0.05, 0.1) is 10.8 Å². The van der Waals surface area contributed by atoms with Gasteiger partial charge in [0.15, 0.2) is 5.11 Å². The quantitative estimate of drug-likeness (QED) is 0.325. The lowest BCUT2D eigenvalue weighted by Crippen LogP contribution is -2.36. The summed E-state index contributed by atoms with van der Waals surface area (Å²) in [7, 11) is -3.63. The molecule has 0 fully saturated rings. The maximum absolute atomic E-state index is 12.7. The number of thiocarbonyl (C=S) groups is 1. The number of carbonyl (C=O) groups excluding carboxylic acids is 1. The molecule has 0 saturated heterocycles. The molecule has 0 aliphatic rings. The molecule has 0 aliphatic carbocycles. The minimum atomic E-state index is -3.63. The second kappa shape index (κ2) is 12.8. The summed E-state index contributed by atoms with van der Waals surface area (Å²) in [4.78, 5) is 12.8. The van der Waals surface area contributed by atoms with Crippen LogP contribution < -0.4 is 15.4 Å². The molecule has 190 valence electrons. The van der Waals surface area contributed by atoms with Crippen molar-refractivity contribution in [3.63, 3.8) is 0 Å². The first-order valence-corrected chi connectivity index (χ1v) is 13.9. The molecule has 3 N–H and O–H groups in total. The van der Waals surface area contributed by atoms with Crippen LogP contribution in [0.15, 0.2) is 83.8 Å². The summed E-state index contributed by atoms with van der Waals surface area (Å²) in [5, 5.41) is 5.80. The Balaban J connectivity index is 1.50. The average Bonchev–Trinajstić information content (AvgIpc) is 2.84. The van der Waals surface area contributed by atoms with E-state index in [0.717, 1.165) is 17.5 Å². The predicted octanol–water partition coefficient (Wildman–Crippen LogP) is 5.02. The molecule has 1 unspecified atom stereocenters. The van der Waals surface area contributed by atoms with Gasteiger partial charge in [0.25, 0.3) is 0 Å². The van der Waals surface area contributed by atoms with Gasteiger partial charge in [0.2, 0.25) is 15.9 Å². The fraction of sp³-hybridized carbons (Fsp3) is 0.286. The molecule has 0 radical (unpaired) electrons. The van der Waals surface area contributed by atoms with Gasteiger partial charge in [-0.05, 0) is 78.9 Å². The Hall–Kier alpha value is -3.07. The van der Waals surface area contributed by atoms with Crippen LogP contribution in [0.25, 0.3) is 0 Å². The lowest BCUT2D eigenvalue weighted by atomic mass is 9.96. The lowest BCUT2D eigenvalue weighted by Gasteiger charge is -2.15. The van der Waals surface area contributed by atoms with Crippen LogP contribution >= 0.6 is 12.2 Å². The van der Waals surface area contributed by atoms with E-state index in [1.54, 1.807) is 12.1 Å². The Bertz CT molecular complexity index is 1260. The summed E-state index contributed by atoms with van der Waals surface area (Å²) in [6, 6.07) is 24.0. The minimum absolute atomic E-state index is 0.153. The van der Waals surface area contributed by atoms with Crippen LogP contribution in [0.3, 0.4) is 0 Å². The Morgan fingerprint density at radius 1 is 0.861 bits per heavy atom. The molecule has 3 aromatic carbocycles. The van der Waals surface area contributed by atoms with E-state index in [4.69, 9.17) is 12.2 Å². The second-order valence-corrected chi connectivity index (χ2v) is 11.3. The highest BCUT2D eigenvalue weighted by Gasteiger charge is 2.17. The van der Waals surface area contributed by atoms with E-state index in [-0.39, 0.29) is 21.8 Å². The average molecular weight is 524 g/mol. The van der Waals surface area contributed by atoms with Crippen molar-refractivity contribution < 1.29 is 13.2 Å². The minimum Gasteiger partial charge on any atom is -0.332 e. The highest BCUT2D eigenvalue weighted by atomic mass is 32.2. The molecule has 0 bridgehead atoms. The van der Waals surface area contributed by atoms with Gasteiger partial charge in [-0.2, -0.15) is 0 Å². The summed E-state index contributed by atoms with van der Waals surface area (Å²) in [5.41, 5.74) is 3.80. The van der Waals surface area contributed by atoms with Crippen LogP contribution in [0.5, 0.6) is 0 Å². The van der Waals surface area contributed by atoms with Gasteiger partial charge in [-0.1, -0.05) is 68.4 Å². The number of carbonyl (C=O) groups is 1. The van der Waals surface area contributed by atoms with E-state index in [2.05, 4.69) is 41.3 Å². The van der Waals surface area contributed by atoms with Crippen LogP contribution in [-0.4, -0.2) is 26.0 Å². The van der Waals surface area contributed by atoms with E-state index in [0.29, 0.717) is 24.6 Å². The zero-order valence-corrected chi connectivity index (χ0v) is 22.5. The monoisotopic (exact) mass is 523 g/mol. The van der Waals surface area contributed by atoms with Gasteiger partial charge >= 0.3 is 0 Å². The number of hydrogen-bond donors (Lipinski definition) is 3. The Morgan fingerprint density at radius 3 is 2.11 bits per heavy atom. The SMILES string of the molecule is CC(C)Cc1ccc(C(C)C(=O)NC(=S)Nc2ccc(S(=O)(=O)NCCc3ccccc3)cc2)cc1. The molecule has 36 heavy (non-hydrogen) atoms. The van der Waals surface area contributed by atoms with Crippen LogP contribution in [-0.2, 0) is 27.7 Å². The third kappa shape index (κ3) is 8.26. The van der Waals surface area contributed by atoms with Gasteiger partial charge < -0.3 is 10.6 Å². The molecular weight excluding hydrogens is 490 g/mol. The predicted molar refractivity (Wildman–Crippen MR) is 150 cm³/mol. The lowest BCUT2D eigenvalue weighted by molar-refractivity contribution is -0.120. The third-order valence-electron chi connectivity index (χ3n) is 5.72. The van der Waals surface area contributed by atoms with Gasteiger partial charge in [-0.15, -0.1) is 0 Å². The number of sulfonamides is 1. The van der Waals surface area contributed by atoms with Crippen molar-refractivity contribution in [2.24, 2.45) is 5.92 Å². The fourth-order valence-electron chi connectivity index (χ4n) is 3.72. The van der Waals surface area contributed by atoms with Gasteiger partial charge in [-0.3, -0.25) is 4.79 Å². The summed E-state index contributed by atoms with van der Waals surface area (Å²) < 4.78 is 27.8. The molecular formula is C28H33N3O3S2. The molecule has 0 saturated carbocycles. The van der Waals surface area contributed by atoms with Crippen LogP contribution in [0.2, 0.25) is 0 Å². The second-order valence-electron chi connectivity index (χ2n) is 9.16. The van der Waals surface area contributed by atoms with Crippen molar-refractivity contribution in [3.05, 3.63) is 95.6 Å². The van der Waals surface area contributed by atoms with Crippen molar-refractivity contribution in [2.75, 3.05) is 11.9 Å². The summed E-state index contributed by atoms with van der Waals surface area (Å²) in [6.45, 7) is 6.49. The van der Waals surface area contributed by atoms with Crippen LogP contribution in [0.4, 0.5) is 5.69 Å². The number of rotatable bonds is 10. The van der Waals surface area contributed by atoms with E-state index < -0.39 is 10.0 Å². The van der Waals surface area contributed by atoms with Gasteiger partial charge in [-0.25, -0.2) is 13.1 Å². The smallest absolute Gasteiger partial charge is 0.240 e. The first-order valence-electron chi connectivity index (χ1n) is 12.0. The van der Waals surface area contributed by atoms with Crippen LogP contribution in [0, 0.1) is 5.92 Å². The molecule has 8 heteroatoms. The number of benzene rings is 3. The molecule has 0 aliphatic heterocycles.